The molecule has 0 heterocycles. The first-order valence-electron chi connectivity index (χ1n) is 8.08. The summed E-state index contributed by atoms with van der Waals surface area (Å²) < 4.78 is 0. The van der Waals surface area contributed by atoms with Crippen LogP contribution in [0.5, 0.6) is 0 Å². The second-order valence-corrected chi connectivity index (χ2v) is 6.03. The van der Waals surface area contributed by atoms with Crippen molar-refractivity contribution in [3.05, 3.63) is 69.3 Å². The Hall–Kier alpha value is -1.86. The Morgan fingerprint density at radius 2 is 1.45 bits per heavy atom. The molecular weight excluding hydrogens is 266 g/mol. The van der Waals surface area contributed by atoms with E-state index in [9.17, 15) is 0 Å². The highest BCUT2D eigenvalue weighted by Crippen LogP contribution is 2.29. The van der Waals surface area contributed by atoms with E-state index in [-0.39, 0.29) is 0 Å². The normalized spacial score (nSPS) is 11.3. The monoisotopic (exact) mass is 293 g/mol. The molecule has 2 aromatic carbocycles. The third-order valence-electron chi connectivity index (χ3n) is 4.74. The standard InChI is InChI=1S/C21H27N/c1-15-16(2)18(4)21(20(17(15)3)11-8-14-22)13-12-19-9-6-5-7-10-19/h5-7,9-10,12-13H,8,11,14,22H2,1-4H3. The molecule has 1 nitrogen and oxygen atoms in total. The number of nitrogens with two attached hydrogens (primary N) is 1. The van der Waals surface area contributed by atoms with Gasteiger partial charge in [0, 0.05) is 0 Å². The molecule has 0 aliphatic carbocycles. The molecule has 116 valence electrons. The van der Waals surface area contributed by atoms with E-state index in [1.54, 1.807) is 0 Å². The molecule has 0 amide bonds. The second kappa shape index (κ2) is 7.42. The summed E-state index contributed by atoms with van der Waals surface area (Å²) in [6, 6.07) is 10.5. The van der Waals surface area contributed by atoms with E-state index in [1.165, 1.54) is 38.9 Å². The fourth-order valence-electron chi connectivity index (χ4n) is 2.99. The Balaban J connectivity index is 2.50. The van der Waals surface area contributed by atoms with Gasteiger partial charge in [0.1, 0.15) is 0 Å². The minimum atomic E-state index is 0.743. The third-order valence-corrected chi connectivity index (χ3v) is 4.74. The molecule has 0 saturated carbocycles. The molecule has 0 bridgehead atoms. The van der Waals surface area contributed by atoms with E-state index in [2.05, 4.69) is 70.2 Å². The molecule has 0 aliphatic heterocycles. The maximum absolute atomic E-state index is 5.73. The van der Waals surface area contributed by atoms with Crippen molar-refractivity contribution >= 4 is 12.2 Å². The lowest BCUT2D eigenvalue weighted by Gasteiger charge is -2.19. The molecule has 0 saturated heterocycles. The number of hydrogen-bond acceptors (Lipinski definition) is 1. The zero-order valence-corrected chi connectivity index (χ0v) is 14.2. The van der Waals surface area contributed by atoms with Crippen molar-refractivity contribution in [3.63, 3.8) is 0 Å². The summed E-state index contributed by atoms with van der Waals surface area (Å²) in [6.07, 6.45) is 6.58. The summed E-state index contributed by atoms with van der Waals surface area (Å²) in [7, 11) is 0. The quantitative estimate of drug-likeness (QED) is 0.773. The lowest BCUT2D eigenvalue weighted by molar-refractivity contribution is 0.823. The van der Waals surface area contributed by atoms with Gasteiger partial charge in [0.25, 0.3) is 0 Å². The van der Waals surface area contributed by atoms with E-state index >= 15 is 0 Å². The van der Waals surface area contributed by atoms with Gasteiger partial charge in [-0.2, -0.15) is 0 Å². The topological polar surface area (TPSA) is 26.0 Å². The van der Waals surface area contributed by atoms with Gasteiger partial charge >= 0.3 is 0 Å². The van der Waals surface area contributed by atoms with Gasteiger partial charge in [-0.15, -0.1) is 0 Å². The molecule has 22 heavy (non-hydrogen) atoms. The molecule has 0 aromatic heterocycles. The van der Waals surface area contributed by atoms with Crippen LogP contribution in [0.2, 0.25) is 0 Å². The molecule has 1 heteroatoms. The third kappa shape index (κ3) is 3.48. The molecule has 0 aliphatic rings. The molecule has 0 spiro atoms. The smallest absolute Gasteiger partial charge is 0.00741 e. The largest absolute Gasteiger partial charge is 0.330 e. The van der Waals surface area contributed by atoms with Crippen molar-refractivity contribution in [1.29, 1.82) is 0 Å². The Bertz CT molecular complexity index is 666. The van der Waals surface area contributed by atoms with Gasteiger partial charge in [0.2, 0.25) is 0 Å². The van der Waals surface area contributed by atoms with Gasteiger partial charge in [-0.1, -0.05) is 42.5 Å². The van der Waals surface area contributed by atoms with Crippen molar-refractivity contribution < 1.29 is 0 Å². The van der Waals surface area contributed by atoms with Crippen LogP contribution in [0.4, 0.5) is 0 Å². The van der Waals surface area contributed by atoms with Crippen LogP contribution in [0.1, 0.15) is 45.4 Å². The van der Waals surface area contributed by atoms with E-state index < -0.39 is 0 Å². The highest BCUT2D eigenvalue weighted by Gasteiger charge is 2.12. The Kier molecular flexibility index (Phi) is 5.57. The van der Waals surface area contributed by atoms with Gasteiger partial charge in [-0.05, 0) is 86.0 Å². The summed E-state index contributed by atoms with van der Waals surface area (Å²) in [4.78, 5) is 0. The van der Waals surface area contributed by atoms with Gasteiger partial charge < -0.3 is 5.73 Å². The molecule has 0 radical (unpaired) electrons. The highest BCUT2D eigenvalue weighted by molar-refractivity contribution is 5.75. The van der Waals surface area contributed by atoms with Gasteiger partial charge in [-0.25, -0.2) is 0 Å². The zero-order valence-electron chi connectivity index (χ0n) is 14.2. The van der Waals surface area contributed by atoms with Crippen LogP contribution >= 0.6 is 0 Å². The van der Waals surface area contributed by atoms with Crippen molar-refractivity contribution in [3.8, 4) is 0 Å². The van der Waals surface area contributed by atoms with Crippen LogP contribution in [0.3, 0.4) is 0 Å². The van der Waals surface area contributed by atoms with Crippen molar-refractivity contribution in [2.24, 2.45) is 5.73 Å². The molecule has 0 atom stereocenters. The van der Waals surface area contributed by atoms with Crippen LogP contribution in [-0.4, -0.2) is 6.54 Å². The van der Waals surface area contributed by atoms with E-state index in [0.717, 1.165) is 19.4 Å². The van der Waals surface area contributed by atoms with Crippen LogP contribution in [0, 0.1) is 27.7 Å². The van der Waals surface area contributed by atoms with Gasteiger partial charge in [0.05, 0.1) is 0 Å². The van der Waals surface area contributed by atoms with Crippen LogP contribution in [0.25, 0.3) is 12.2 Å². The SMILES string of the molecule is Cc1c(C)c(C)c(CCCN)c(C=Cc2ccccc2)c1C. The van der Waals surface area contributed by atoms with Crippen LogP contribution < -0.4 is 5.73 Å². The lowest BCUT2D eigenvalue weighted by Crippen LogP contribution is -2.06. The van der Waals surface area contributed by atoms with Gasteiger partial charge in [0.15, 0.2) is 0 Å². The van der Waals surface area contributed by atoms with Crippen molar-refractivity contribution in [1.82, 2.24) is 0 Å². The average Bonchev–Trinajstić information content (AvgIpc) is 2.55. The van der Waals surface area contributed by atoms with Crippen LogP contribution in [-0.2, 0) is 6.42 Å². The summed E-state index contributed by atoms with van der Waals surface area (Å²) in [5, 5.41) is 0. The first kappa shape index (κ1) is 16.5. The first-order chi connectivity index (χ1) is 10.6. The lowest BCUT2D eigenvalue weighted by atomic mass is 9.86. The molecule has 0 unspecified atom stereocenters. The summed E-state index contributed by atoms with van der Waals surface area (Å²) in [5.74, 6) is 0. The Morgan fingerprint density at radius 3 is 2.09 bits per heavy atom. The van der Waals surface area contributed by atoms with Crippen molar-refractivity contribution in [2.45, 2.75) is 40.5 Å². The highest BCUT2D eigenvalue weighted by atomic mass is 14.5. The zero-order chi connectivity index (χ0) is 16.1. The first-order valence-corrected chi connectivity index (χ1v) is 8.08. The fraction of sp³-hybridized carbons (Fsp3) is 0.333. The molecular formula is C21H27N. The summed E-state index contributed by atoms with van der Waals surface area (Å²) in [6.45, 7) is 9.68. The maximum atomic E-state index is 5.73. The second-order valence-electron chi connectivity index (χ2n) is 6.03. The fourth-order valence-corrected chi connectivity index (χ4v) is 2.99. The van der Waals surface area contributed by atoms with Gasteiger partial charge in [-0.3, -0.25) is 0 Å². The van der Waals surface area contributed by atoms with E-state index in [0.29, 0.717) is 0 Å². The molecule has 0 fully saturated rings. The average molecular weight is 293 g/mol. The molecule has 2 aromatic rings. The summed E-state index contributed by atoms with van der Waals surface area (Å²) in [5.41, 5.74) is 15.4. The van der Waals surface area contributed by atoms with E-state index in [1.807, 2.05) is 0 Å². The molecule has 2 rings (SSSR count). The minimum Gasteiger partial charge on any atom is -0.330 e. The van der Waals surface area contributed by atoms with Crippen molar-refractivity contribution in [2.75, 3.05) is 6.54 Å². The molecule has 2 N–H and O–H groups in total. The van der Waals surface area contributed by atoms with E-state index in [4.69, 9.17) is 5.73 Å². The number of hydrogen-bond donors (Lipinski definition) is 1. The summed E-state index contributed by atoms with van der Waals surface area (Å²) >= 11 is 0. The minimum absolute atomic E-state index is 0.743. The predicted octanol–water partition coefficient (Wildman–Crippen LogP) is 4.98. The number of benzene rings is 2. The predicted molar refractivity (Wildman–Crippen MR) is 98.1 cm³/mol. The van der Waals surface area contributed by atoms with Crippen LogP contribution in [0.15, 0.2) is 30.3 Å². The Labute approximate surface area is 134 Å². The number of rotatable bonds is 5. The Morgan fingerprint density at radius 1 is 0.818 bits per heavy atom. The maximum Gasteiger partial charge on any atom is -0.00741 e.